The van der Waals surface area contributed by atoms with Gasteiger partial charge in [-0.3, -0.25) is 0 Å². The second-order valence-corrected chi connectivity index (χ2v) is 7.99. The minimum Gasteiger partial charge on any atom is -0.375 e. The molecule has 2 N–H and O–H groups in total. The number of hydrogen-bond acceptors (Lipinski definition) is 6. The van der Waals surface area contributed by atoms with Gasteiger partial charge < -0.3 is 24.2 Å². The summed E-state index contributed by atoms with van der Waals surface area (Å²) in [5.74, 6) is 0. The molecule has 8 nitrogen and oxygen atoms in total. The lowest BCUT2D eigenvalue weighted by molar-refractivity contribution is 0.142. The van der Waals surface area contributed by atoms with Gasteiger partial charge in [-0.25, -0.2) is 14.5 Å². The molecular weight excluding hydrogens is 352 g/mol. The minimum atomic E-state index is -0.715. The van der Waals surface area contributed by atoms with E-state index < -0.39 is 5.72 Å². The van der Waals surface area contributed by atoms with Crippen LogP contribution in [0.25, 0.3) is 5.65 Å². The van der Waals surface area contributed by atoms with E-state index in [1.807, 2.05) is 21.7 Å². The van der Waals surface area contributed by atoms with Crippen LogP contribution in [0.4, 0.5) is 10.5 Å². The summed E-state index contributed by atoms with van der Waals surface area (Å²) < 4.78 is 5.14. The number of aromatic nitrogens is 2. The maximum atomic E-state index is 12.1. The van der Waals surface area contributed by atoms with Gasteiger partial charge in [0.25, 0.3) is 0 Å². The van der Waals surface area contributed by atoms with Crippen molar-refractivity contribution >= 4 is 29.3 Å². The zero-order valence-electron chi connectivity index (χ0n) is 15.1. The second-order valence-electron chi connectivity index (χ2n) is 7.11. The van der Waals surface area contributed by atoms with Crippen molar-refractivity contribution in [3.8, 4) is 0 Å². The number of anilines is 1. The van der Waals surface area contributed by atoms with Crippen molar-refractivity contribution in [3.05, 3.63) is 24.7 Å². The number of urea groups is 1. The van der Waals surface area contributed by atoms with Crippen LogP contribution in [0.15, 0.2) is 29.6 Å². The summed E-state index contributed by atoms with van der Waals surface area (Å²) in [6.07, 6.45) is 7.33. The zero-order valence-corrected chi connectivity index (χ0v) is 15.9. The fourth-order valence-electron chi connectivity index (χ4n) is 3.07. The predicted molar refractivity (Wildman–Crippen MR) is 101 cm³/mol. The third-order valence-electron chi connectivity index (χ3n) is 4.80. The number of pyridine rings is 1. The van der Waals surface area contributed by atoms with Gasteiger partial charge >= 0.3 is 6.03 Å². The molecule has 0 radical (unpaired) electrons. The van der Waals surface area contributed by atoms with Gasteiger partial charge in [-0.05, 0) is 30.9 Å². The van der Waals surface area contributed by atoms with Crippen LogP contribution in [0, 0.1) is 0 Å². The standard InChI is InChI=1S/C17H24N6O2S/c1-20(2)16(24)22-9-7-21(8-10-22)14-11-13(26-19-17(25)3-4-17)12-23-6-5-18-15(14)23/h5-6,11-12,19,25H,3-4,7-10H2,1-2H3. The van der Waals surface area contributed by atoms with Gasteiger partial charge in [0.1, 0.15) is 5.72 Å². The number of aliphatic hydroxyl groups is 1. The molecule has 1 aliphatic carbocycles. The highest BCUT2D eigenvalue weighted by molar-refractivity contribution is 7.97. The Kier molecular flexibility index (Phi) is 4.45. The number of carbonyl (C=O) groups is 1. The van der Waals surface area contributed by atoms with Crippen LogP contribution in [0.5, 0.6) is 0 Å². The minimum absolute atomic E-state index is 0.0572. The third kappa shape index (κ3) is 3.46. The first-order valence-corrected chi connectivity index (χ1v) is 9.61. The summed E-state index contributed by atoms with van der Waals surface area (Å²) in [5.41, 5.74) is 1.25. The molecule has 0 unspecified atom stereocenters. The molecular formula is C17H24N6O2S. The number of fused-ring (bicyclic) bond motifs is 1. The topological polar surface area (TPSA) is 76.4 Å². The number of hydrogen-bond donors (Lipinski definition) is 2. The predicted octanol–water partition coefficient (Wildman–Crippen LogP) is 1.22. The molecule has 4 rings (SSSR count). The SMILES string of the molecule is CN(C)C(=O)N1CCN(c2cc(SNC3(O)CC3)cn3ccnc23)CC1. The molecule has 9 heteroatoms. The molecule has 2 aromatic heterocycles. The first kappa shape index (κ1) is 17.4. The van der Waals surface area contributed by atoms with Crippen molar-refractivity contribution < 1.29 is 9.90 Å². The Labute approximate surface area is 156 Å². The molecule has 2 aliphatic rings. The van der Waals surface area contributed by atoms with E-state index in [9.17, 15) is 9.90 Å². The molecule has 2 amide bonds. The Morgan fingerprint density at radius 3 is 2.69 bits per heavy atom. The van der Waals surface area contributed by atoms with Crippen LogP contribution >= 0.6 is 11.9 Å². The Morgan fingerprint density at radius 1 is 1.31 bits per heavy atom. The van der Waals surface area contributed by atoms with E-state index in [1.165, 1.54) is 11.9 Å². The number of piperazine rings is 1. The monoisotopic (exact) mass is 376 g/mol. The second kappa shape index (κ2) is 6.64. The van der Waals surface area contributed by atoms with E-state index in [4.69, 9.17) is 0 Å². The number of imidazole rings is 1. The van der Waals surface area contributed by atoms with E-state index in [0.717, 1.165) is 42.2 Å². The highest BCUT2D eigenvalue weighted by Crippen LogP contribution is 2.36. The molecule has 0 bridgehead atoms. The largest absolute Gasteiger partial charge is 0.375 e. The lowest BCUT2D eigenvalue weighted by atomic mass is 10.2. The first-order chi connectivity index (χ1) is 12.5. The molecule has 0 aromatic carbocycles. The zero-order chi connectivity index (χ0) is 18.3. The number of amides is 2. The van der Waals surface area contributed by atoms with Crippen LogP contribution in [0.2, 0.25) is 0 Å². The summed E-state index contributed by atoms with van der Waals surface area (Å²) in [5, 5.41) is 10.0. The third-order valence-corrected chi connectivity index (χ3v) is 5.74. The smallest absolute Gasteiger partial charge is 0.319 e. The van der Waals surface area contributed by atoms with E-state index in [-0.39, 0.29) is 6.03 Å². The Hall–Kier alpha value is -1.97. The van der Waals surface area contributed by atoms with Gasteiger partial charge in [0.15, 0.2) is 5.65 Å². The summed E-state index contributed by atoms with van der Waals surface area (Å²) in [6, 6.07) is 2.16. The van der Waals surface area contributed by atoms with Crippen molar-refractivity contribution in [2.75, 3.05) is 45.2 Å². The number of nitrogens with zero attached hydrogens (tertiary/aromatic N) is 5. The van der Waals surface area contributed by atoms with Gasteiger partial charge in [0, 0.05) is 63.8 Å². The molecule has 1 saturated carbocycles. The van der Waals surface area contributed by atoms with Gasteiger partial charge in [0.2, 0.25) is 0 Å². The normalized spacial score (nSPS) is 19.0. The first-order valence-electron chi connectivity index (χ1n) is 8.79. The molecule has 2 fully saturated rings. The lowest BCUT2D eigenvalue weighted by Crippen LogP contribution is -2.51. The fourth-order valence-corrected chi connectivity index (χ4v) is 3.92. The van der Waals surface area contributed by atoms with Crippen LogP contribution in [0.1, 0.15) is 12.8 Å². The molecule has 26 heavy (non-hydrogen) atoms. The van der Waals surface area contributed by atoms with Crippen LogP contribution in [-0.2, 0) is 0 Å². The van der Waals surface area contributed by atoms with Gasteiger partial charge in [0.05, 0.1) is 5.69 Å². The number of rotatable bonds is 4. The van der Waals surface area contributed by atoms with Crippen LogP contribution in [-0.4, -0.2) is 76.3 Å². The van der Waals surface area contributed by atoms with Crippen LogP contribution < -0.4 is 9.62 Å². The molecule has 1 aliphatic heterocycles. The quantitative estimate of drug-likeness (QED) is 0.617. The van der Waals surface area contributed by atoms with Gasteiger partial charge in [-0.1, -0.05) is 0 Å². The Morgan fingerprint density at radius 2 is 2.04 bits per heavy atom. The summed E-state index contributed by atoms with van der Waals surface area (Å²) >= 11 is 1.45. The maximum absolute atomic E-state index is 12.1. The molecule has 3 heterocycles. The average molecular weight is 376 g/mol. The van der Waals surface area contributed by atoms with Crippen molar-refractivity contribution in [1.82, 2.24) is 23.9 Å². The van der Waals surface area contributed by atoms with E-state index >= 15 is 0 Å². The fraction of sp³-hybridized carbons (Fsp3) is 0.529. The molecule has 140 valence electrons. The number of nitrogens with one attached hydrogen (secondary N) is 1. The van der Waals surface area contributed by atoms with Gasteiger partial charge in [-0.2, -0.15) is 0 Å². The van der Waals surface area contributed by atoms with E-state index in [0.29, 0.717) is 13.1 Å². The molecule has 0 atom stereocenters. The molecule has 2 aromatic rings. The van der Waals surface area contributed by atoms with Crippen LogP contribution in [0.3, 0.4) is 0 Å². The van der Waals surface area contributed by atoms with Crippen molar-refractivity contribution in [2.45, 2.75) is 23.5 Å². The van der Waals surface area contributed by atoms with Crippen molar-refractivity contribution in [1.29, 1.82) is 0 Å². The number of carbonyl (C=O) groups excluding carboxylic acids is 1. The molecule has 0 spiro atoms. The van der Waals surface area contributed by atoms with Crippen molar-refractivity contribution in [3.63, 3.8) is 0 Å². The summed E-state index contributed by atoms with van der Waals surface area (Å²) in [4.78, 5) is 23.4. The molecule has 1 saturated heterocycles. The Balaban J connectivity index is 1.52. The average Bonchev–Trinajstić information content (AvgIpc) is 3.19. The van der Waals surface area contributed by atoms with Crippen molar-refractivity contribution in [2.24, 2.45) is 0 Å². The van der Waals surface area contributed by atoms with E-state index in [2.05, 4.69) is 20.7 Å². The Bertz CT molecular complexity index is 811. The summed E-state index contributed by atoms with van der Waals surface area (Å²) in [7, 11) is 3.56. The maximum Gasteiger partial charge on any atom is 0.319 e. The highest BCUT2D eigenvalue weighted by atomic mass is 32.2. The van der Waals surface area contributed by atoms with Gasteiger partial charge in [-0.15, -0.1) is 0 Å². The lowest BCUT2D eigenvalue weighted by Gasteiger charge is -2.37. The highest BCUT2D eigenvalue weighted by Gasteiger charge is 2.40. The van der Waals surface area contributed by atoms with E-state index in [1.54, 1.807) is 25.2 Å². The summed E-state index contributed by atoms with van der Waals surface area (Å²) in [6.45, 7) is 2.93.